The third kappa shape index (κ3) is 3.58. The van der Waals surface area contributed by atoms with Crippen molar-refractivity contribution < 1.29 is 14.2 Å². The summed E-state index contributed by atoms with van der Waals surface area (Å²) in [6.07, 6.45) is -0.413. The van der Waals surface area contributed by atoms with Crippen molar-refractivity contribution >= 4 is 0 Å². The lowest BCUT2D eigenvalue weighted by Crippen LogP contribution is -2.34. The van der Waals surface area contributed by atoms with Crippen molar-refractivity contribution in [1.29, 1.82) is 0 Å². The molecular weight excluding hydrogens is 207 g/mol. The maximum absolute atomic E-state index is 12.9. The monoisotopic (exact) mass is 226 g/mol. The Hall–Kier alpha value is -0.930. The summed E-state index contributed by atoms with van der Waals surface area (Å²) in [7, 11) is 1.58. The number of methoxy groups -OCH3 is 1. The average molecular weight is 226 g/mol. The molecule has 16 heavy (non-hydrogen) atoms. The SMILES string of the molecule is COC(C(C)C)C(O)Cc1cccc(F)c1. The molecule has 0 spiro atoms. The summed E-state index contributed by atoms with van der Waals surface area (Å²) in [5.74, 6) is -0.0447. The van der Waals surface area contributed by atoms with Crippen LogP contribution in [0.15, 0.2) is 24.3 Å². The van der Waals surface area contributed by atoms with Gasteiger partial charge in [0, 0.05) is 13.5 Å². The molecule has 1 N–H and O–H groups in total. The van der Waals surface area contributed by atoms with Crippen LogP contribution in [-0.4, -0.2) is 24.4 Å². The Morgan fingerprint density at radius 3 is 2.56 bits per heavy atom. The highest BCUT2D eigenvalue weighted by molar-refractivity contribution is 5.17. The van der Waals surface area contributed by atoms with E-state index >= 15 is 0 Å². The fourth-order valence-electron chi connectivity index (χ4n) is 1.90. The molecular formula is C13H19FO2. The van der Waals surface area contributed by atoms with E-state index in [9.17, 15) is 9.50 Å². The minimum atomic E-state index is -0.605. The lowest BCUT2D eigenvalue weighted by Gasteiger charge is -2.25. The first-order valence-electron chi connectivity index (χ1n) is 5.50. The molecule has 0 heterocycles. The van der Waals surface area contributed by atoms with E-state index in [0.29, 0.717) is 6.42 Å². The van der Waals surface area contributed by atoms with Gasteiger partial charge in [0.1, 0.15) is 5.82 Å². The molecule has 2 atom stereocenters. The maximum Gasteiger partial charge on any atom is 0.123 e. The predicted octanol–water partition coefficient (Wildman–Crippen LogP) is 2.40. The molecule has 1 aromatic carbocycles. The fraction of sp³-hybridized carbons (Fsp3) is 0.538. The third-order valence-electron chi connectivity index (χ3n) is 2.64. The Labute approximate surface area is 96.1 Å². The molecule has 0 fully saturated rings. The van der Waals surface area contributed by atoms with Crippen LogP contribution in [0.5, 0.6) is 0 Å². The van der Waals surface area contributed by atoms with Gasteiger partial charge in [-0.1, -0.05) is 26.0 Å². The number of benzene rings is 1. The number of aliphatic hydroxyl groups excluding tert-OH is 1. The van der Waals surface area contributed by atoms with Gasteiger partial charge in [-0.3, -0.25) is 0 Å². The summed E-state index contributed by atoms with van der Waals surface area (Å²) in [6.45, 7) is 3.98. The van der Waals surface area contributed by atoms with Crippen molar-refractivity contribution in [3.05, 3.63) is 35.6 Å². The Balaban J connectivity index is 2.66. The quantitative estimate of drug-likeness (QED) is 0.835. The Bertz CT molecular complexity index is 325. The topological polar surface area (TPSA) is 29.5 Å². The first kappa shape index (κ1) is 13.1. The number of hydrogen-bond acceptors (Lipinski definition) is 2. The van der Waals surface area contributed by atoms with Crippen molar-refractivity contribution in [3.63, 3.8) is 0 Å². The van der Waals surface area contributed by atoms with E-state index in [4.69, 9.17) is 4.74 Å². The van der Waals surface area contributed by atoms with Crippen molar-refractivity contribution in [2.24, 2.45) is 5.92 Å². The van der Waals surface area contributed by atoms with Gasteiger partial charge in [-0.25, -0.2) is 4.39 Å². The zero-order valence-electron chi connectivity index (χ0n) is 9.98. The highest BCUT2D eigenvalue weighted by Crippen LogP contribution is 2.15. The van der Waals surface area contributed by atoms with Gasteiger partial charge in [-0.15, -0.1) is 0 Å². The molecule has 0 radical (unpaired) electrons. The lowest BCUT2D eigenvalue weighted by molar-refractivity contribution is -0.0368. The molecule has 0 amide bonds. The Kier molecular flexibility index (Phi) is 4.90. The fourth-order valence-corrected chi connectivity index (χ4v) is 1.90. The number of ether oxygens (including phenoxy) is 1. The largest absolute Gasteiger partial charge is 0.390 e. The van der Waals surface area contributed by atoms with Gasteiger partial charge in [0.25, 0.3) is 0 Å². The number of rotatable bonds is 5. The van der Waals surface area contributed by atoms with Crippen LogP contribution in [-0.2, 0) is 11.2 Å². The van der Waals surface area contributed by atoms with Crippen LogP contribution in [0.4, 0.5) is 4.39 Å². The van der Waals surface area contributed by atoms with Crippen molar-refractivity contribution in [1.82, 2.24) is 0 Å². The molecule has 0 aromatic heterocycles. The molecule has 1 rings (SSSR count). The van der Waals surface area contributed by atoms with E-state index in [1.165, 1.54) is 12.1 Å². The minimum Gasteiger partial charge on any atom is -0.390 e. The molecule has 90 valence electrons. The Morgan fingerprint density at radius 1 is 1.38 bits per heavy atom. The smallest absolute Gasteiger partial charge is 0.123 e. The molecule has 0 bridgehead atoms. The van der Waals surface area contributed by atoms with Gasteiger partial charge in [0.2, 0.25) is 0 Å². The highest BCUT2D eigenvalue weighted by atomic mass is 19.1. The standard InChI is InChI=1S/C13H19FO2/c1-9(2)13(16-3)12(15)8-10-5-4-6-11(14)7-10/h4-7,9,12-13,15H,8H2,1-3H3. The highest BCUT2D eigenvalue weighted by Gasteiger charge is 2.22. The predicted molar refractivity (Wildman–Crippen MR) is 61.7 cm³/mol. The van der Waals surface area contributed by atoms with Gasteiger partial charge in [-0.2, -0.15) is 0 Å². The van der Waals surface area contributed by atoms with Gasteiger partial charge in [0.15, 0.2) is 0 Å². The molecule has 0 saturated carbocycles. The summed E-state index contributed by atoms with van der Waals surface area (Å²) in [4.78, 5) is 0. The van der Waals surface area contributed by atoms with Gasteiger partial charge >= 0.3 is 0 Å². The first-order valence-corrected chi connectivity index (χ1v) is 5.50. The van der Waals surface area contributed by atoms with E-state index in [1.807, 2.05) is 13.8 Å². The van der Waals surface area contributed by atoms with Crippen LogP contribution >= 0.6 is 0 Å². The van der Waals surface area contributed by atoms with Crippen LogP contribution in [0.2, 0.25) is 0 Å². The average Bonchev–Trinajstić information content (AvgIpc) is 2.17. The van der Waals surface area contributed by atoms with E-state index in [-0.39, 0.29) is 17.8 Å². The van der Waals surface area contributed by atoms with E-state index in [1.54, 1.807) is 19.2 Å². The molecule has 2 nitrogen and oxygen atoms in total. The number of halogens is 1. The second kappa shape index (κ2) is 5.97. The molecule has 3 heteroatoms. The van der Waals surface area contributed by atoms with Gasteiger partial charge < -0.3 is 9.84 Å². The van der Waals surface area contributed by atoms with Crippen LogP contribution in [0, 0.1) is 11.7 Å². The zero-order valence-corrected chi connectivity index (χ0v) is 9.98. The van der Waals surface area contributed by atoms with Crippen LogP contribution in [0.25, 0.3) is 0 Å². The van der Waals surface area contributed by atoms with Crippen LogP contribution < -0.4 is 0 Å². The van der Waals surface area contributed by atoms with E-state index < -0.39 is 6.10 Å². The zero-order chi connectivity index (χ0) is 12.1. The second-order valence-electron chi connectivity index (χ2n) is 4.35. The minimum absolute atomic E-state index is 0.219. The van der Waals surface area contributed by atoms with E-state index in [0.717, 1.165) is 5.56 Å². The molecule has 0 saturated heterocycles. The summed E-state index contributed by atoms with van der Waals surface area (Å²) >= 11 is 0. The molecule has 0 aliphatic heterocycles. The van der Waals surface area contributed by atoms with Gasteiger partial charge in [0.05, 0.1) is 12.2 Å². The third-order valence-corrected chi connectivity index (χ3v) is 2.64. The maximum atomic E-state index is 12.9. The van der Waals surface area contributed by atoms with Crippen molar-refractivity contribution in [2.75, 3.05) is 7.11 Å². The van der Waals surface area contributed by atoms with Gasteiger partial charge in [-0.05, 0) is 23.6 Å². The normalized spacial score (nSPS) is 15.1. The molecule has 1 aromatic rings. The molecule has 0 aliphatic carbocycles. The second-order valence-corrected chi connectivity index (χ2v) is 4.35. The van der Waals surface area contributed by atoms with Crippen LogP contribution in [0.1, 0.15) is 19.4 Å². The number of hydrogen-bond donors (Lipinski definition) is 1. The van der Waals surface area contributed by atoms with Crippen LogP contribution in [0.3, 0.4) is 0 Å². The summed E-state index contributed by atoms with van der Waals surface area (Å²) < 4.78 is 18.2. The summed E-state index contributed by atoms with van der Waals surface area (Å²) in [5, 5.41) is 9.98. The number of aliphatic hydroxyl groups is 1. The summed E-state index contributed by atoms with van der Waals surface area (Å²) in [5.41, 5.74) is 0.787. The van der Waals surface area contributed by atoms with Crippen molar-refractivity contribution in [3.8, 4) is 0 Å². The molecule has 2 unspecified atom stereocenters. The first-order chi connectivity index (χ1) is 7.54. The lowest BCUT2D eigenvalue weighted by atomic mass is 9.96. The molecule has 0 aliphatic rings. The van der Waals surface area contributed by atoms with E-state index in [2.05, 4.69) is 0 Å². The van der Waals surface area contributed by atoms with Crippen molar-refractivity contribution in [2.45, 2.75) is 32.5 Å². The summed E-state index contributed by atoms with van der Waals surface area (Å²) in [6, 6.07) is 6.29. The Morgan fingerprint density at radius 2 is 2.06 bits per heavy atom.